The van der Waals surface area contributed by atoms with Gasteiger partial charge in [0.1, 0.15) is 0 Å². The minimum Gasteiger partial charge on any atom is -0.336 e. The molecule has 1 aliphatic heterocycles. The molecule has 0 radical (unpaired) electrons. The number of benzene rings is 1. The predicted molar refractivity (Wildman–Crippen MR) is 91.4 cm³/mol. The van der Waals surface area contributed by atoms with Crippen LogP contribution in [0.1, 0.15) is 34.8 Å². The Morgan fingerprint density at radius 2 is 2.00 bits per heavy atom. The van der Waals surface area contributed by atoms with Crippen molar-refractivity contribution in [3.63, 3.8) is 0 Å². The minimum absolute atomic E-state index is 0.100. The number of hydrogen-bond acceptors (Lipinski definition) is 3. The van der Waals surface area contributed by atoms with Crippen LogP contribution in [-0.2, 0) is 0 Å². The Kier molecular flexibility index (Phi) is 3.65. The highest BCUT2D eigenvalue weighted by atomic mass is 16.2. The number of rotatable bonds is 4. The highest BCUT2D eigenvalue weighted by Gasteiger charge is 2.28. The van der Waals surface area contributed by atoms with Crippen LogP contribution in [0.15, 0.2) is 42.6 Å². The lowest BCUT2D eigenvalue weighted by atomic mass is 10.1. The first-order valence-corrected chi connectivity index (χ1v) is 8.14. The Labute approximate surface area is 139 Å². The number of pyridine rings is 1. The van der Waals surface area contributed by atoms with Crippen LogP contribution in [0.3, 0.4) is 0 Å². The molecule has 2 N–H and O–H groups in total. The van der Waals surface area contributed by atoms with Crippen molar-refractivity contribution in [3.05, 3.63) is 53.9 Å². The van der Waals surface area contributed by atoms with Crippen LogP contribution in [0.4, 0.5) is 16.2 Å². The fourth-order valence-corrected chi connectivity index (χ4v) is 2.91. The monoisotopic (exact) mass is 322 g/mol. The van der Waals surface area contributed by atoms with Gasteiger partial charge in [0, 0.05) is 36.5 Å². The van der Waals surface area contributed by atoms with Crippen molar-refractivity contribution in [1.29, 1.82) is 0 Å². The summed E-state index contributed by atoms with van der Waals surface area (Å²) in [5, 5.41) is 5.71. The van der Waals surface area contributed by atoms with Gasteiger partial charge in [-0.15, -0.1) is 0 Å². The van der Waals surface area contributed by atoms with Crippen LogP contribution in [0.25, 0.3) is 0 Å². The zero-order valence-corrected chi connectivity index (χ0v) is 13.2. The first-order valence-electron chi connectivity index (χ1n) is 8.14. The van der Waals surface area contributed by atoms with Gasteiger partial charge < -0.3 is 10.6 Å². The van der Waals surface area contributed by atoms with E-state index in [0.717, 1.165) is 29.9 Å². The maximum atomic E-state index is 12.5. The van der Waals surface area contributed by atoms with E-state index in [2.05, 4.69) is 15.6 Å². The van der Waals surface area contributed by atoms with Crippen LogP contribution in [-0.4, -0.2) is 30.0 Å². The standard InChI is InChI=1S/C18H18N4O2/c23-17(21-15-2-1-9-19-16(15)12-3-4-12)13-5-7-14(8-6-13)22-11-10-20-18(22)24/h1-2,5-9,12H,3-4,10-11H2,(H,20,24)(H,21,23). The highest BCUT2D eigenvalue weighted by Crippen LogP contribution is 2.42. The van der Waals surface area contributed by atoms with Gasteiger partial charge in [0.2, 0.25) is 0 Å². The number of nitrogens with zero attached hydrogens (tertiary/aromatic N) is 2. The lowest BCUT2D eigenvalue weighted by molar-refractivity contribution is 0.102. The summed E-state index contributed by atoms with van der Waals surface area (Å²) < 4.78 is 0. The fourth-order valence-electron chi connectivity index (χ4n) is 2.91. The lowest BCUT2D eigenvalue weighted by Gasteiger charge is -2.14. The molecule has 3 amide bonds. The van der Waals surface area contributed by atoms with Crippen molar-refractivity contribution in [2.24, 2.45) is 0 Å². The first-order chi connectivity index (χ1) is 11.7. The average Bonchev–Trinajstić information content (AvgIpc) is 3.36. The molecule has 2 aliphatic rings. The molecule has 24 heavy (non-hydrogen) atoms. The van der Waals surface area contributed by atoms with E-state index in [1.165, 1.54) is 0 Å². The van der Waals surface area contributed by atoms with Crippen molar-refractivity contribution >= 4 is 23.3 Å². The lowest BCUT2D eigenvalue weighted by Crippen LogP contribution is -2.27. The van der Waals surface area contributed by atoms with E-state index in [0.29, 0.717) is 24.6 Å². The molecule has 2 heterocycles. The first kappa shape index (κ1) is 14.7. The van der Waals surface area contributed by atoms with Crippen LogP contribution < -0.4 is 15.5 Å². The zero-order valence-electron chi connectivity index (χ0n) is 13.2. The molecule has 6 heteroatoms. The second-order valence-corrected chi connectivity index (χ2v) is 6.10. The number of nitrogens with one attached hydrogen (secondary N) is 2. The molecule has 1 saturated heterocycles. The summed E-state index contributed by atoms with van der Waals surface area (Å²) in [6.45, 7) is 1.29. The SMILES string of the molecule is O=C(Nc1cccnc1C1CC1)c1ccc(N2CCNC2=O)cc1. The fraction of sp³-hybridized carbons (Fsp3) is 0.278. The zero-order chi connectivity index (χ0) is 16.5. The number of carbonyl (C=O) groups excluding carboxylic acids is 2. The second-order valence-electron chi connectivity index (χ2n) is 6.10. The van der Waals surface area contributed by atoms with Gasteiger partial charge in [-0.25, -0.2) is 4.79 Å². The molecule has 0 bridgehead atoms. The minimum atomic E-state index is -0.165. The number of carbonyl (C=O) groups is 2. The van der Waals surface area contributed by atoms with Gasteiger partial charge in [-0.2, -0.15) is 0 Å². The van der Waals surface area contributed by atoms with Gasteiger partial charge in [-0.1, -0.05) is 0 Å². The highest BCUT2D eigenvalue weighted by molar-refractivity contribution is 6.05. The summed E-state index contributed by atoms with van der Waals surface area (Å²) in [5.74, 6) is 0.305. The van der Waals surface area contributed by atoms with Crippen LogP contribution in [0, 0.1) is 0 Å². The van der Waals surface area contributed by atoms with E-state index in [9.17, 15) is 9.59 Å². The number of hydrogen-bond donors (Lipinski definition) is 2. The van der Waals surface area contributed by atoms with Gasteiger partial charge in [0.05, 0.1) is 11.4 Å². The molecule has 1 aromatic carbocycles. The number of amides is 3. The molecule has 4 rings (SSSR count). The van der Waals surface area contributed by atoms with E-state index in [1.807, 2.05) is 12.1 Å². The maximum Gasteiger partial charge on any atom is 0.321 e. The molecule has 1 aromatic heterocycles. The molecule has 1 aliphatic carbocycles. The summed E-state index contributed by atoms with van der Waals surface area (Å²) in [6, 6.07) is 10.7. The van der Waals surface area contributed by atoms with Gasteiger partial charge in [0.15, 0.2) is 0 Å². The van der Waals surface area contributed by atoms with Gasteiger partial charge >= 0.3 is 6.03 Å². The topological polar surface area (TPSA) is 74.3 Å². The summed E-state index contributed by atoms with van der Waals surface area (Å²) in [6.07, 6.45) is 4.03. The summed E-state index contributed by atoms with van der Waals surface area (Å²) in [4.78, 5) is 30.2. The number of aromatic nitrogens is 1. The van der Waals surface area contributed by atoms with Crippen LogP contribution >= 0.6 is 0 Å². The maximum absolute atomic E-state index is 12.5. The van der Waals surface area contributed by atoms with E-state index < -0.39 is 0 Å². The Bertz CT molecular complexity index is 784. The van der Waals surface area contributed by atoms with E-state index in [4.69, 9.17) is 0 Å². The Morgan fingerprint density at radius 1 is 1.21 bits per heavy atom. The van der Waals surface area contributed by atoms with Crippen molar-refractivity contribution in [2.45, 2.75) is 18.8 Å². The largest absolute Gasteiger partial charge is 0.336 e. The molecule has 0 unspecified atom stereocenters. The van der Waals surface area contributed by atoms with Crippen LogP contribution in [0.2, 0.25) is 0 Å². The molecule has 2 aromatic rings. The van der Waals surface area contributed by atoms with E-state index in [1.54, 1.807) is 35.4 Å². The molecule has 2 fully saturated rings. The summed E-state index contributed by atoms with van der Waals surface area (Å²) >= 11 is 0. The number of urea groups is 1. The Hall–Kier alpha value is -2.89. The summed E-state index contributed by atoms with van der Waals surface area (Å²) in [7, 11) is 0. The van der Waals surface area contributed by atoms with Crippen LogP contribution in [0.5, 0.6) is 0 Å². The van der Waals surface area contributed by atoms with Crippen molar-refractivity contribution in [2.75, 3.05) is 23.3 Å². The van der Waals surface area contributed by atoms with Gasteiger partial charge in [-0.05, 0) is 49.2 Å². The van der Waals surface area contributed by atoms with E-state index in [-0.39, 0.29) is 11.9 Å². The molecule has 1 saturated carbocycles. The van der Waals surface area contributed by atoms with E-state index >= 15 is 0 Å². The predicted octanol–water partition coefficient (Wildman–Crippen LogP) is 2.74. The third-order valence-electron chi connectivity index (χ3n) is 4.35. The third-order valence-corrected chi connectivity index (χ3v) is 4.35. The molecular formula is C18H18N4O2. The molecule has 0 atom stereocenters. The molecule has 122 valence electrons. The average molecular weight is 322 g/mol. The third kappa shape index (κ3) is 2.82. The quantitative estimate of drug-likeness (QED) is 0.909. The molecular weight excluding hydrogens is 304 g/mol. The van der Waals surface area contributed by atoms with Gasteiger partial charge in [0.25, 0.3) is 5.91 Å². The number of anilines is 2. The Balaban J connectivity index is 1.50. The van der Waals surface area contributed by atoms with Gasteiger partial charge in [-0.3, -0.25) is 14.7 Å². The van der Waals surface area contributed by atoms with Crippen molar-refractivity contribution in [3.8, 4) is 0 Å². The summed E-state index contributed by atoms with van der Waals surface area (Å²) in [5.41, 5.74) is 3.11. The smallest absolute Gasteiger partial charge is 0.321 e. The second kappa shape index (κ2) is 5.96. The molecule has 0 spiro atoms. The van der Waals surface area contributed by atoms with Crippen molar-refractivity contribution in [1.82, 2.24) is 10.3 Å². The van der Waals surface area contributed by atoms with Crippen molar-refractivity contribution < 1.29 is 9.59 Å². The molecule has 6 nitrogen and oxygen atoms in total. The normalized spacial score (nSPS) is 16.8. The Morgan fingerprint density at radius 3 is 2.67 bits per heavy atom.